The van der Waals surface area contributed by atoms with Crippen molar-refractivity contribution in [1.82, 2.24) is 4.98 Å². The Hall–Kier alpha value is -1.28. The highest BCUT2D eigenvalue weighted by Crippen LogP contribution is 2.29. The molecule has 1 atom stereocenters. The lowest BCUT2D eigenvalue weighted by Gasteiger charge is -2.18. The molecule has 0 bridgehead atoms. The number of benzene rings is 1. The molecule has 1 aliphatic carbocycles. The van der Waals surface area contributed by atoms with E-state index in [9.17, 15) is 0 Å². The van der Waals surface area contributed by atoms with Crippen molar-refractivity contribution >= 4 is 10.9 Å². The van der Waals surface area contributed by atoms with Gasteiger partial charge in [0.05, 0.1) is 0 Å². The Bertz CT molecular complexity index is 510. The van der Waals surface area contributed by atoms with Crippen molar-refractivity contribution in [3.8, 4) is 0 Å². The number of rotatable bonds is 0. The van der Waals surface area contributed by atoms with Crippen LogP contribution in [-0.4, -0.2) is 11.0 Å². The molecule has 1 aromatic heterocycles. The summed E-state index contributed by atoms with van der Waals surface area (Å²) in [5.74, 6) is 0. The second-order valence-electron chi connectivity index (χ2n) is 4.63. The second-order valence-corrected chi connectivity index (χ2v) is 4.63. The zero-order chi connectivity index (χ0) is 10.4. The van der Waals surface area contributed by atoms with Gasteiger partial charge in [0, 0.05) is 22.6 Å². The number of H-pyrrole nitrogens is 1. The van der Waals surface area contributed by atoms with Crippen molar-refractivity contribution < 1.29 is 0 Å². The predicted octanol–water partition coefficient (Wildman–Crippen LogP) is 2.29. The minimum atomic E-state index is 0.344. The first kappa shape index (κ1) is 8.98. The number of hydrogen-bond donors (Lipinski definition) is 2. The summed E-state index contributed by atoms with van der Waals surface area (Å²) in [5.41, 5.74) is 11.5. The summed E-state index contributed by atoms with van der Waals surface area (Å²) in [6.07, 6.45) is 3.24. The molecule has 3 N–H and O–H groups in total. The van der Waals surface area contributed by atoms with E-state index in [-0.39, 0.29) is 0 Å². The van der Waals surface area contributed by atoms with Gasteiger partial charge in [-0.2, -0.15) is 0 Å². The molecule has 2 aromatic rings. The number of nitrogens with two attached hydrogens (primary N) is 1. The van der Waals surface area contributed by atoms with Crippen LogP contribution in [0.4, 0.5) is 0 Å². The molecular formula is C13H16N2. The van der Waals surface area contributed by atoms with Crippen LogP contribution in [0.5, 0.6) is 0 Å². The topological polar surface area (TPSA) is 41.8 Å². The Morgan fingerprint density at radius 1 is 1.40 bits per heavy atom. The normalized spacial score (nSPS) is 20.5. The molecule has 2 nitrogen and oxygen atoms in total. The van der Waals surface area contributed by atoms with E-state index < -0.39 is 0 Å². The van der Waals surface area contributed by atoms with E-state index in [0.29, 0.717) is 6.04 Å². The molecule has 0 spiro atoms. The van der Waals surface area contributed by atoms with Crippen LogP contribution in [0.25, 0.3) is 10.9 Å². The van der Waals surface area contributed by atoms with Crippen molar-refractivity contribution in [1.29, 1.82) is 0 Å². The summed E-state index contributed by atoms with van der Waals surface area (Å²) < 4.78 is 0. The van der Waals surface area contributed by atoms with Crippen molar-refractivity contribution in [2.75, 3.05) is 0 Å². The molecular weight excluding hydrogens is 184 g/mol. The molecule has 2 heteroatoms. The average Bonchev–Trinajstić information content (AvgIpc) is 2.56. The number of fused-ring (bicyclic) bond motifs is 3. The lowest BCUT2D eigenvalue weighted by atomic mass is 9.92. The van der Waals surface area contributed by atoms with Crippen LogP contribution in [0.15, 0.2) is 18.2 Å². The van der Waals surface area contributed by atoms with E-state index in [1.165, 1.54) is 27.7 Å². The molecule has 0 saturated heterocycles. The van der Waals surface area contributed by atoms with Gasteiger partial charge in [-0.15, -0.1) is 0 Å². The molecule has 0 saturated carbocycles. The molecule has 0 fully saturated rings. The third kappa shape index (κ3) is 1.37. The van der Waals surface area contributed by atoms with E-state index >= 15 is 0 Å². The standard InChI is InChI=1S/C13H16N2/c1-8-2-4-12-10(6-8)11-7-9(14)3-5-13(11)15-12/h2,4,6,9,15H,3,5,7,14H2,1H3/t9-/m1/s1. The number of hydrogen-bond acceptors (Lipinski definition) is 1. The Balaban J connectivity index is 2.25. The molecule has 15 heavy (non-hydrogen) atoms. The summed E-state index contributed by atoms with van der Waals surface area (Å²) in [4.78, 5) is 3.51. The van der Waals surface area contributed by atoms with Gasteiger partial charge in [-0.3, -0.25) is 0 Å². The van der Waals surface area contributed by atoms with Gasteiger partial charge in [0.2, 0.25) is 0 Å². The van der Waals surface area contributed by atoms with Crippen LogP contribution in [0, 0.1) is 6.92 Å². The van der Waals surface area contributed by atoms with Gasteiger partial charge in [0.1, 0.15) is 0 Å². The van der Waals surface area contributed by atoms with Gasteiger partial charge in [-0.1, -0.05) is 11.6 Å². The summed E-state index contributed by atoms with van der Waals surface area (Å²) in [7, 11) is 0. The zero-order valence-electron chi connectivity index (χ0n) is 9.01. The molecule has 0 unspecified atom stereocenters. The Morgan fingerprint density at radius 3 is 3.13 bits per heavy atom. The average molecular weight is 200 g/mol. The maximum absolute atomic E-state index is 6.02. The minimum absolute atomic E-state index is 0.344. The van der Waals surface area contributed by atoms with Gasteiger partial charge in [-0.25, -0.2) is 0 Å². The Labute approximate surface area is 89.5 Å². The largest absolute Gasteiger partial charge is 0.358 e. The smallest absolute Gasteiger partial charge is 0.0459 e. The highest BCUT2D eigenvalue weighted by atomic mass is 14.7. The lowest BCUT2D eigenvalue weighted by Crippen LogP contribution is -2.27. The van der Waals surface area contributed by atoms with Crippen LogP contribution >= 0.6 is 0 Å². The monoisotopic (exact) mass is 200 g/mol. The fourth-order valence-electron chi connectivity index (χ4n) is 2.56. The maximum atomic E-state index is 6.02. The molecule has 0 aliphatic heterocycles. The summed E-state index contributed by atoms with van der Waals surface area (Å²) >= 11 is 0. The molecule has 1 heterocycles. The highest BCUT2D eigenvalue weighted by molar-refractivity contribution is 5.85. The van der Waals surface area contributed by atoms with Gasteiger partial charge in [0.15, 0.2) is 0 Å². The van der Waals surface area contributed by atoms with Crippen molar-refractivity contribution in [2.45, 2.75) is 32.2 Å². The minimum Gasteiger partial charge on any atom is -0.358 e. The van der Waals surface area contributed by atoms with Crippen LogP contribution in [-0.2, 0) is 12.8 Å². The van der Waals surface area contributed by atoms with Crippen molar-refractivity contribution in [3.63, 3.8) is 0 Å². The maximum Gasteiger partial charge on any atom is 0.0459 e. The molecule has 1 aromatic carbocycles. The zero-order valence-corrected chi connectivity index (χ0v) is 9.01. The quantitative estimate of drug-likeness (QED) is 0.673. The molecule has 0 radical (unpaired) electrons. The number of nitrogens with one attached hydrogen (secondary N) is 1. The van der Waals surface area contributed by atoms with Crippen LogP contribution in [0.2, 0.25) is 0 Å². The second kappa shape index (κ2) is 3.11. The molecule has 78 valence electrons. The van der Waals surface area contributed by atoms with E-state index in [1.807, 2.05) is 0 Å². The van der Waals surface area contributed by atoms with Gasteiger partial charge in [0.25, 0.3) is 0 Å². The molecule has 1 aliphatic rings. The summed E-state index contributed by atoms with van der Waals surface area (Å²) in [6.45, 7) is 2.14. The van der Waals surface area contributed by atoms with Crippen molar-refractivity contribution in [3.05, 3.63) is 35.0 Å². The summed E-state index contributed by atoms with van der Waals surface area (Å²) in [6, 6.07) is 6.94. The molecule has 3 rings (SSSR count). The Morgan fingerprint density at radius 2 is 2.27 bits per heavy atom. The Kier molecular flexibility index (Phi) is 1.86. The van der Waals surface area contributed by atoms with Crippen LogP contribution in [0.3, 0.4) is 0 Å². The SMILES string of the molecule is Cc1ccc2[nH]c3c(c2c1)C[C@H](N)CC3. The van der Waals surface area contributed by atoms with Gasteiger partial charge in [-0.05, 0) is 43.9 Å². The van der Waals surface area contributed by atoms with Crippen molar-refractivity contribution in [2.24, 2.45) is 5.73 Å². The van der Waals surface area contributed by atoms with E-state index in [4.69, 9.17) is 5.73 Å². The fraction of sp³-hybridized carbons (Fsp3) is 0.385. The highest BCUT2D eigenvalue weighted by Gasteiger charge is 2.19. The van der Waals surface area contributed by atoms with Crippen LogP contribution < -0.4 is 5.73 Å². The first-order valence-electron chi connectivity index (χ1n) is 5.59. The predicted molar refractivity (Wildman–Crippen MR) is 63.0 cm³/mol. The van der Waals surface area contributed by atoms with Gasteiger partial charge >= 0.3 is 0 Å². The van der Waals surface area contributed by atoms with E-state index in [0.717, 1.165) is 19.3 Å². The van der Waals surface area contributed by atoms with Gasteiger partial charge < -0.3 is 10.7 Å². The number of aromatic amines is 1. The van der Waals surface area contributed by atoms with Crippen LogP contribution in [0.1, 0.15) is 23.2 Å². The third-order valence-corrected chi connectivity index (χ3v) is 3.38. The lowest BCUT2D eigenvalue weighted by molar-refractivity contribution is 0.574. The van der Waals surface area contributed by atoms with E-state index in [2.05, 4.69) is 30.1 Å². The first-order valence-corrected chi connectivity index (χ1v) is 5.59. The third-order valence-electron chi connectivity index (χ3n) is 3.38. The molecule has 0 amide bonds. The summed E-state index contributed by atoms with van der Waals surface area (Å²) in [5, 5.41) is 1.38. The number of aromatic nitrogens is 1. The first-order chi connectivity index (χ1) is 7.24. The van der Waals surface area contributed by atoms with E-state index in [1.54, 1.807) is 0 Å². The number of aryl methyl sites for hydroxylation is 2. The fourth-order valence-corrected chi connectivity index (χ4v) is 2.56.